The maximum Gasteiger partial charge on any atom is 0.123 e. The number of benzene rings is 3. The van der Waals surface area contributed by atoms with Gasteiger partial charge in [-0.1, -0.05) is 78.3 Å². The number of ether oxygens (including phenoxy) is 1. The van der Waals surface area contributed by atoms with Crippen LogP contribution in [0.3, 0.4) is 0 Å². The fourth-order valence-corrected chi connectivity index (χ4v) is 3.42. The molecular weight excluding hydrogens is 417 g/mol. The molecule has 0 saturated carbocycles. The molecule has 1 atom stereocenters. The Morgan fingerprint density at radius 1 is 0.967 bits per heavy atom. The van der Waals surface area contributed by atoms with E-state index in [2.05, 4.69) is 36.2 Å². The van der Waals surface area contributed by atoms with Crippen molar-refractivity contribution >= 4 is 24.0 Å². The normalized spacial score (nSPS) is 11.6. The molecule has 1 unspecified atom stereocenters. The van der Waals surface area contributed by atoms with Crippen LogP contribution in [0, 0.1) is 0 Å². The third kappa shape index (κ3) is 6.89. The van der Waals surface area contributed by atoms with Crippen molar-refractivity contribution in [3.63, 3.8) is 0 Å². The van der Waals surface area contributed by atoms with Gasteiger partial charge in [0, 0.05) is 11.6 Å². The van der Waals surface area contributed by atoms with E-state index in [-0.39, 0.29) is 25.1 Å². The molecule has 5 heteroatoms. The summed E-state index contributed by atoms with van der Waals surface area (Å²) in [5.41, 5.74) is 3.26. The van der Waals surface area contributed by atoms with Gasteiger partial charge in [-0.3, -0.25) is 0 Å². The van der Waals surface area contributed by atoms with E-state index in [1.165, 1.54) is 0 Å². The largest absolute Gasteiger partial charge is 0.491 e. The maximum absolute atomic E-state index is 10.5. The highest BCUT2D eigenvalue weighted by atomic mass is 35.5. The van der Waals surface area contributed by atoms with Gasteiger partial charge in [-0.25, -0.2) is 0 Å². The number of hydrogen-bond donors (Lipinski definition) is 2. The molecule has 30 heavy (non-hydrogen) atoms. The molecule has 0 amide bonds. The lowest BCUT2D eigenvalue weighted by molar-refractivity contribution is 0.104. The summed E-state index contributed by atoms with van der Waals surface area (Å²) in [5.74, 6) is 0.719. The molecule has 0 spiro atoms. The summed E-state index contributed by atoms with van der Waals surface area (Å²) in [6.45, 7) is 4.36. The minimum Gasteiger partial charge on any atom is -0.491 e. The molecule has 0 bridgehead atoms. The molecule has 0 radical (unpaired) electrons. The van der Waals surface area contributed by atoms with Crippen LogP contribution in [0.5, 0.6) is 5.75 Å². The Hall–Kier alpha value is -2.30. The Morgan fingerprint density at radius 2 is 1.57 bits per heavy atom. The van der Waals surface area contributed by atoms with E-state index in [0.717, 1.165) is 22.4 Å². The predicted molar refractivity (Wildman–Crippen MR) is 127 cm³/mol. The Kier molecular flexibility index (Phi) is 9.92. The first-order valence-electron chi connectivity index (χ1n) is 9.71. The third-order valence-electron chi connectivity index (χ3n) is 4.64. The number of nitrogens with one attached hydrogen (secondary N) is 1. The van der Waals surface area contributed by atoms with Crippen LogP contribution in [0.4, 0.5) is 0 Å². The van der Waals surface area contributed by atoms with Crippen LogP contribution in [0.15, 0.2) is 91.5 Å². The number of aliphatic hydroxyl groups excluding tert-OH is 1. The summed E-state index contributed by atoms with van der Waals surface area (Å²) < 4.78 is 5.85. The summed E-state index contributed by atoms with van der Waals surface area (Å²) in [6.07, 6.45) is 1.81. The second-order valence-corrected chi connectivity index (χ2v) is 7.31. The zero-order valence-electron chi connectivity index (χ0n) is 16.7. The number of allylic oxidation sites excluding steroid dienone is 1. The molecular formula is C25H27Cl2NO2. The lowest BCUT2D eigenvalue weighted by atomic mass is 9.98. The Bertz CT molecular complexity index is 864. The molecule has 3 nitrogen and oxygen atoms in total. The highest BCUT2D eigenvalue weighted by Gasteiger charge is 2.16. The van der Waals surface area contributed by atoms with E-state index in [1.807, 2.05) is 48.5 Å². The molecule has 0 fully saturated rings. The van der Waals surface area contributed by atoms with Crippen molar-refractivity contribution in [1.29, 1.82) is 0 Å². The van der Waals surface area contributed by atoms with Crippen molar-refractivity contribution in [1.82, 2.24) is 5.32 Å². The fraction of sp³-hybridized carbons (Fsp3) is 0.200. The second-order valence-electron chi connectivity index (χ2n) is 6.87. The first-order chi connectivity index (χ1) is 14.2. The van der Waals surface area contributed by atoms with Crippen molar-refractivity contribution in [2.24, 2.45) is 0 Å². The van der Waals surface area contributed by atoms with E-state index in [4.69, 9.17) is 16.3 Å². The molecule has 2 N–H and O–H groups in total. The van der Waals surface area contributed by atoms with Gasteiger partial charge in [0.05, 0.1) is 6.04 Å². The van der Waals surface area contributed by atoms with E-state index >= 15 is 0 Å². The summed E-state index contributed by atoms with van der Waals surface area (Å²) in [5, 5.41) is 14.6. The molecule has 0 saturated heterocycles. The lowest BCUT2D eigenvalue weighted by Crippen LogP contribution is -2.34. The van der Waals surface area contributed by atoms with Gasteiger partial charge in [0.25, 0.3) is 0 Å². The van der Waals surface area contributed by atoms with Crippen molar-refractivity contribution < 1.29 is 9.84 Å². The van der Waals surface area contributed by atoms with E-state index in [9.17, 15) is 5.11 Å². The van der Waals surface area contributed by atoms with Gasteiger partial charge in [0.1, 0.15) is 18.5 Å². The van der Waals surface area contributed by atoms with Gasteiger partial charge in [0.2, 0.25) is 0 Å². The lowest BCUT2D eigenvalue weighted by Gasteiger charge is -2.22. The quantitative estimate of drug-likeness (QED) is 0.400. The van der Waals surface area contributed by atoms with Crippen LogP contribution in [0.25, 0.3) is 0 Å². The van der Waals surface area contributed by atoms with Gasteiger partial charge >= 0.3 is 0 Å². The molecule has 3 aromatic rings. The Morgan fingerprint density at radius 3 is 2.13 bits per heavy atom. The number of rotatable bonds is 10. The summed E-state index contributed by atoms with van der Waals surface area (Å²) >= 11 is 6.07. The molecule has 0 aliphatic heterocycles. The van der Waals surface area contributed by atoms with Gasteiger partial charge in [-0.05, 0) is 41.3 Å². The standard InChI is InChI=1S/C25H26ClNO2.ClH/c1-2-9-21-16-22(26)14-15-24(21)29-18-23(28)17-27-25(19-10-5-3-6-11-19)20-12-7-4-8-13-20;/h2-8,10-16,23,25,27-28H,1,9,17-18H2;1H. The van der Waals surface area contributed by atoms with Gasteiger partial charge in [-0.2, -0.15) is 0 Å². The molecule has 158 valence electrons. The minimum absolute atomic E-state index is 0. The monoisotopic (exact) mass is 443 g/mol. The zero-order valence-corrected chi connectivity index (χ0v) is 18.3. The average Bonchev–Trinajstić information content (AvgIpc) is 2.75. The minimum atomic E-state index is -0.655. The van der Waals surface area contributed by atoms with Gasteiger partial charge in [-0.15, -0.1) is 19.0 Å². The number of hydrogen-bond acceptors (Lipinski definition) is 3. The average molecular weight is 444 g/mol. The smallest absolute Gasteiger partial charge is 0.123 e. The predicted octanol–water partition coefficient (Wildman–Crippen LogP) is 5.61. The highest BCUT2D eigenvalue weighted by molar-refractivity contribution is 6.30. The first kappa shape index (κ1) is 24.0. The van der Waals surface area contributed by atoms with Crippen LogP contribution in [-0.4, -0.2) is 24.4 Å². The van der Waals surface area contributed by atoms with Gasteiger partial charge < -0.3 is 15.2 Å². The summed E-state index contributed by atoms with van der Waals surface area (Å²) in [4.78, 5) is 0. The molecule has 0 heterocycles. The van der Waals surface area contributed by atoms with Crippen LogP contribution < -0.4 is 10.1 Å². The van der Waals surface area contributed by atoms with E-state index < -0.39 is 6.10 Å². The van der Waals surface area contributed by atoms with Crippen molar-refractivity contribution in [3.8, 4) is 5.75 Å². The zero-order chi connectivity index (χ0) is 20.5. The molecule has 0 aromatic heterocycles. The Balaban J connectivity index is 0.00000320. The van der Waals surface area contributed by atoms with Crippen LogP contribution in [-0.2, 0) is 6.42 Å². The van der Waals surface area contributed by atoms with E-state index in [0.29, 0.717) is 18.0 Å². The summed E-state index contributed by atoms with van der Waals surface area (Å²) in [6, 6.07) is 25.9. The van der Waals surface area contributed by atoms with Crippen molar-refractivity contribution in [2.75, 3.05) is 13.2 Å². The van der Waals surface area contributed by atoms with E-state index in [1.54, 1.807) is 12.1 Å². The third-order valence-corrected chi connectivity index (χ3v) is 4.88. The molecule has 0 aliphatic carbocycles. The van der Waals surface area contributed by atoms with Crippen molar-refractivity contribution in [2.45, 2.75) is 18.6 Å². The number of halogens is 2. The second kappa shape index (κ2) is 12.4. The van der Waals surface area contributed by atoms with Crippen LogP contribution in [0.2, 0.25) is 5.02 Å². The van der Waals surface area contributed by atoms with Crippen LogP contribution >= 0.6 is 24.0 Å². The van der Waals surface area contributed by atoms with Crippen molar-refractivity contribution in [3.05, 3.63) is 113 Å². The van der Waals surface area contributed by atoms with Gasteiger partial charge in [0.15, 0.2) is 0 Å². The SMILES string of the molecule is C=CCc1cc(Cl)ccc1OCC(O)CNC(c1ccccc1)c1ccccc1.Cl. The highest BCUT2D eigenvalue weighted by Crippen LogP contribution is 2.24. The molecule has 3 aromatic carbocycles. The van der Waals surface area contributed by atoms with Crippen LogP contribution in [0.1, 0.15) is 22.7 Å². The fourth-order valence-electron chi connectivity index (χ4n) is 3.22. The molecule has 3 rings (SSSR count). The maximum atomic E-state index is 10.5. The number of aliphatic hydroxyl groups is 1. The molecule has 0 aliphatic rings. The topological polar surface area (TPSA) is 41.5 Å². The summed E-state index contributed by atoms with van der Waals surface area (Å²) in [7, 11) is 0. The Labute approximate surface area is 189 Å². The first-order valence-corrected chi connectivity index (χ1v) is 10.1.